The summed E-state index contributed by atoms with van der Waals surface area (Å²) in [4.78, 5) is 16.5. The summed E-state index contributed by atoms with van der Waals surface area (Å²) in [5.74, 6) is 0.552. The third kappa shape index (κ3) is 4.29. The molecule has 0 aliphatic rings. The van der Waals surface area contributed by atoms with Crippen molar-refractivity contribution in [1.29, 1.82) is 0 Å². The molecule has 0 aliphatic carbocycles. The Balaban J connectivity index is 0.00000242. The van der Waals surface area contributed by atoms with Crippen molar-refractivity contribution in [1.82, 2.24) is 20.1 Å². The normalized spacial score (nSPS) is 13.0. The van der Waals surface area contributed by atoms with E-state index in [1.54, 1.807) is 24.0 Å². The van der Waals surface area contributed by atoms with Gasteiger partial charge in [0.2, 0.25) is 5.91 Å². The van der Waals surface area contributed by atoms with Crippen LogP contribution in [0.15, 0.2) is 36.8 Å². The summed E-state index contributed by atoms with van der Waals surface area (Å²) in [5.41, 5.74) is 6.07. The zero-order valence-corrected chi connectivity index (χ0v) is 13.6. The molecule has 0 radical (unpaired) electrons. The standard InChI is InChI=1S/C15H21N5O.ClH/c1-3-7-15(2,16)14(21)18-11-12-6-4-8-17-13(12)20-10-5-9-19-20;/h4-6,8-10H,3,7,11,16H2,1-2H3,(H,18,21);1H. The molecule has 0 bridgehead atoms. The Morgan fingerprint density at radius 1 is 1.41 bits per heavy atom. The van der Waals surface area contributed by atoms with Gasteiger partial charge in [0.15, 0.2) is 5.82 Å². The van der Waals surface area contributed by atoms with E-state index in [2.05, 4.69) is 15.4 Å². The molecule has 2 aromatic rings. The topological polar surface area (TPSA) is 85.8 Å². The van der Waals surface area contributed by atoms with Crippen molar-refractivity contribution in [2.75, 3.05) is 0 Å². The van der Waals surface area contributed by atoms with Gasteiger partial charge in [0.25, 0.3) is 0 Å². The van der Waals surface area contributed by atoms with Gasteiger partial charge in [-0.05, 0) is 25.5 Å². The molecule has 2 rings (SSSR count). The number of nitrogens with zero attached hydrogens (tertiary/aromatic N) is 3. The van der Waals surface area contributed by atoms with Crippen molar-refractivity contribution in [2.24, 2.45) is 5.73 Å². The van der Waals surface area contributed by atoms with Gasteiger partial charge in [0, 0.05) is 30.7 Å². The highest BCUT2D eigenvalue weighted by atomic mass is 35.5. The van der Waals surface area contributed by atoms with E-state index in [0.717, 1.165) is 12.0 Å². The van der Waals surface area contributed by atoms with Crippen molar-refractivity contribution in [2.45, 2.75) is 38.8 Å². The van der Waals surface area contributed by atoms with Gasteiger partial charge in [-0.2, -0.15) is 5.10 Å². The van der Waals surface area contributed by atoms with Crippen LogP contribution in [0.4, 0.5) is 0 Å². The molecule has 3 N–H and O–H groups in total. The molecule has 6 nitrogen and oxygen atoms in total. The highest BCUT2D eigenvalue weighted by Crippen LogP contribution is 2.12. The molecular formula is C15H22ClN5O. The number of halogens is 1. The van der Waals surface area contributed by atoms with Crippen LogP contribution in [0, 0.1) is 0 Å². The Morgan fingerprint density at radius 3 is 2.82 bits per heavy atom. The van der Waals surface area contributed by atoms with Gasteiger partial charge in [-0.25, -0.2) is 9.67 Å². The molecule has 0 saturated carbocycles. The number of nitrogens with two attached hydrogens (primary N) is 1. The number of nitrogens with one attached hydrogen (secondary N) is 1. The summed E-state index contributed by atoms with van der Waals surface area (Å²) < 4.78 is 1.68. The average Bonchev–Trinajstić information content (AvgIpc) is 2.99. The molecule has 0 aliphatic heterocycles. The minimum Gasteiger partial charge on any atom is -0.350 e. The lowest BCUT2D eigenvalue weighted by molar-refractivity contribution is -0.126. The Hall–Kier alpha value is -1.92. The number of carbonyl (C=O) groups excluding carboxylic acids is 1. The van der Waals surface area contributed by atoms with Crippen molar-refractivity contribution >= 4 is 18.3 Å². The maximum Gasteiger partial charge on any atom is 0.240 e. The Kier molecular flexibility index (Phi) is 6.52. The molecule has 1 amide bonds. The van der Waals surface area contributed by atoms with Gasteiger partial charge in [0.1, 0.15) is 0 Å². The zero-order valence-electron chi connectivity index (χ0n) is 12.8. The second-order valence-corrected chi connectivity index (χ2v) is 5.29. The summed E-state index contributed by atoms with van der Waals surface area (Å²) in [6.07, 6.45) is 6.73. The van der Waals surface area contributed by atoms with E-state index in [0.29, 0.717) is 18.8 Å². The number of hydrogen-bond donors (Lipinski definition) is 2. The van der Waals surface area contributed by atoms with E-state index in [4.69, 9.17) is 5.73 Å². The number of aromatic nitrogens is 3. The first kappa shape index (κ1) is 18.1. The molecule has 2 heterocycles. The summed E-state index contributed by atoms with van der Waals surface area (Å²) >= 11 is 0. The highest BCUT2D eigenvalue weighted by Gasteiger charge is 2.26. The molecule has 0 aromatic carbocycles. The monoisotopic (exact) mass is 323 g/mol. The molecule has 0 saturated heterocycles. The van der Waals surface area contributed by atoms with E-state index < -0.39 is 5.54 Å². The number of rotatable bonds is 6. The maximum atomic E-state index is 12.1. The Morgan fingerprint density at radius 2 is 2.18 bits per heavy atom. The van der Waals surface area contributed by atoms with E-state index in [1.165, 1.54) is 0 Å². The van der Waals surface area contributed by atoms with Crippen LogP contribution in [0.1, 0.15) is 32.3 Å². The van der Waals surface area contributed by atoms with Crippen LogP contribution < -0.4 is 11.1 Å². The summed E-state index contributed by atoms with van der Waals surface area (Å²) in [6.45, 7) is 4.14. The summed E-state index contributed by atoms with van der Waals surface area (Å²) in [5, 5.41) is 7.05. The second kappa shape index (κ2) is 7.91. The summed E-state index contributed by atoms with van der Waals surface area (Å²) in [7, 11) is 0. The molecular weight excluding hydrogens is 302 g/mol. The van der Waals surface area contributed by atoms with Crippen molar-refractivity contribution in [3.63, 3.8) is 0 Å². The average molecular weight is 324 g/mol. The predicted molar refractivity (Wildman–Crippen MR) is 88.0 cm³/mol. The van der Waals surface area contributed by atoms with E-state index >= 15 is 0 Å². The fourth-order valence-corrected chi connectivity index (χ4v) is 2.18. The van der Waals surface area contributed by atoms with Crippen LogP contribution >= 0.6 is 12.4 Å². The molecule has 0 fully saturated rings. The van der Waals surface area contributed by atoms with Crippen LogP contribution in [0.5, 0.6) is 0 Å². The van der Waals surface area contributed by atoms with E-state index in [-0.39, 0.29) is 18.3 Å². The smallest absolute Gasteiger partial charge is 0.240 e. The van der Waals surface area contributed by atoms with Gasteiger partial charge in [-0.1, -0.05) is 19.4 Å². The largest absolute Gasteiger partial charge is 0.350 e. The van der Waals surface area contributed by atoms with Gasteiger partial charge in [-0.15, -0.1) is 12.4 Å². The van der Waals surface area contributed by atoms with Crippen LogP contribution in [-0.2, 0) is 11.3 Å². The first-order valence-corrected chi connectivity index (χ1v) is 7.05. The molecule has 0 spiro atoms. The fourth-order valence-electron chi connectivity index (χ4n) is 2.18. The van der Waals surface area contributed by atoms with Crippen LogP contribution in [0.3, 0.4) is 0 Å². The summed E-state index contributed by atoms with van der Waals surface area (Å²) in [6, 6.07) is 5.58. The van der Waals surface area contributed by atoms with Gasteiger partial charge in [-0.3, -0.25) is 4.79 Å². The predicted octanol–water partition coefficient (Wildman–Crippen LogP) is 1.82. The van der Waals surface area contributed by atoms with E-state index in [9.17, 15) is 4.79 Å². The number of pyridine rings is 1. The lowest BCUT2D eigenvalue weighted by atomic mass is 9.96. The van der Waals surface area contributed by atoms with Crippen LogP contribution in [0.25, 0.3) is 5.82 Å². The van der Waals surface area contributed by atoms with Crippen LogP contribution in [0.2, 0.25) is 0 Å². The molecule has 120 valence electrons. The highest BCUT2D eigenvalue weighted by molar-refractivity contribution is 5.85. The third-order valence-corrected chi connectivity index (χ3v) is 3.32. The van der Waals surface area contributed by atoms with Crippen LogP contribution in [-0.4, -0.2) is 26.2 Å². The maximum absolute atomic E-state index is 12.1. The first-order valence-electron chi connectivity index (χ1n) is 7.05. The molecule has 22 heavy (non-hydrogen) atoms. The quantitative estimate of drug-likeness (QED) is 0.849. The Bertz CT molecular complexity index is 598. The molecule has 2 aromatic heterocycles. The van der Waals surface area contributed by atoms with Crippen molar-refractivity contribution in [3.05, 3.63) is 42.4 Å². The second-order valence-electron chi connectivity index (χ2n) is 5.29. The minimum atomic E-state index is -0.844. The van der Waals surface area contributed by atoms with Crippen molar-refractivity contribution in [3.8, 4) is 5.82 Å². The number of amides is 1. The molecule has 1 atom stereocenters. The SMILES string of the molecule is CCCC(C)(N)C(=O)NCc1cccnc1-n1cccn1.Cl. The van der Waals surface area contributed by atoms with Gasteiger partial charge >= 0.3 is 0 Å². The van der Waals surface area contributed by atoms with Gasteiger partial charge in [0.05, 0.1) is 5.54 Å². The molecule has 1 unspecified atom stereocenters. The third-order valence-electron chi connectivity index (χ3n) is 3.32. The lowest BCUT2D eigenvalue weighted by Crippen LogP contribution is -2.51. The minimum absolute atomic E-state index is 0. The lowest BCUT2D eigenvalue weighted by Gasteiger charge is -2.23. The van der Waals surface area contributed by atoms with Gasteiger partial charge < -0.3 is 11.1 Å². The Labute approximate surface area is 136 Å². The fraction of sp³-hybridized carbons (Fsp3) is 0.400. The first-order chi connectivity index (χ1) is 10.0. The zero-order chi connectivity index (χ0) is 15.3. The number of hydrogen-bond acceptors (Lipinski definition) is 4. The number of carbonyl (C=O) groups is 1. The van der Waals surface area contributed by atoms with E-state index in [1.807, 2.05) is 31.3 Å². The van der Waals surface area contributed by atoms with Crippen molar-refractivity contribution < 1.29 is 4.79 Å². The molecule has 7 heteroatoms.